The maximum Gasteiger partial charge on any atom is 0.294 e. The van der Waals surface area contributed by atoms with Crippen molar-refractivity contribution in [1.82, 2.24) is 19.3 Å². The molecule has 0 aliphatic carbocycles. The predicted molar refractivity (Wildman–Crippen MR) is 58.1 cm³/mol. The van der Waals surface area contributed by atoms with Crippen LogP contribution in [0.1, 0.15) is 5.82 Å². The molecule has 0 saturated carbocycles. The third-order valence-electron chi connectivity index (χ3n) is 1.52. The van der Waals surface area contributed by atoms with Gasteiger partial charge < -0.3 is 4.74 Å². The van der Waals surface area contributed by atoms with Crippen molar-refractivity contribution >= 4 is 23.3 Å². The van der Waals surface area contributed by atoms with Gasteiger partial charge in [-0.1, -0.05) is 11.8 Å². The minimum Gasteiger partial charge on any atom is -0.461 e. The van der Waals surface area contributed by atoms with Gasteiger partial charge >= 0.3 is 0 Å². The van der Waals surface area contributed by atoms with Crippen LogP contribution < -0.4 is 4.74 Å². The van der Waals surface area contributed by atoms with E-state index in [9.17, 15) is 0 Å². The van der Waals surface area contributed by atoms with Gasteiger partial charge in [-0.15, -0.1) is 0 Å². The highest BCUT2D eigenvalue weighted by atomic mass is 32.2. The predicted octanol–water partition coefficient (Wildman–Crippen LogP) is 1.63. The van der Waals surface area contributed by atoms with E-state index >= 15 is 0 Å². The number of hydrogen-bond acceptors (Lipinski definition) is 7. The van der Waals surface area contributed by atoms with Gasteiger partial charge in [-0.05, 0) is 12.3 Å². The Morgan fingerprint density at radius 2 is 2.20 bits per heavy atom. The zero-order chi connectivity index (χ0) is 10.5. The summed E-state index contributed by atoms with van der Waals surface area (Å²) in [4.78, 5) is 12.2. The van der Waals surface area contributed by atoms with Crippen molar-refractivity contribution in [3.8, 4) is 5.19 Å². The second kappa shape index (κ2) is 5.04. The molecule has 2 rings (SSSR count). The first-order valence-electron chi connectivity index (χ1n) is 4.15. The third kappa shape index (κ3) is 2.87. The summed E-state index contributed by atoms with van der Waals surface area (Å²) in [7, 11) is 0. The second-order valence-corrected chi connectivity index (χ2v) is 3.99. The molecule has 5 nitrogen and oxygen atoms in total. The van der Waals surface area contributed by atoms with E-state index in [0.29, 0.717) is 17.6 Å². The largest absolute Gasteiger partial charge is 0.461 e. The molecule has 7 heteroatoms. The van der Waals surface area contributed by atoms with Gasteiger partial charge in [-0.2, -0.15) is 9.36 Å². The molecule has 0 spiro atoms. The summed E-state index contributed by atoms with van der Waals surface area (Å²) in [6.07, 6.45) is 5.28. The van der Waals surface area contributed by atoms with Crippen LogP contribution in [0.15, 0.2) is 23.6 Å². The van der Waals surface area contributed by atoms with E-state index in [4.69, 9.17) is 4.74 Å². The Labute approximate surface area is 95.1 Å². The minimum absolute atomic E-state index is 0.323. The van der Waals surface area contributed by atoms with Gasteiger partial charge in [0.25, 0.3) is 5.19 Å². The number of aromatic nitrogens is 4. The molecule has 0 aliphatic heterocycles. The molecule has 0 atom stereocenters. The summed E-state index contributed by atoms with van der Waals surface area (Å²) in [6, 6.07) is 1.76. The Kier molecular flexibility index (Phi) is 3.46. The van der Waals surface area contributed by atoms with Crippen molar-refractivity contribution in [2.75, 3.05) is 6.26 Å². The van der Waals surface area contributed by atoms with Gasteiger partial charge in [0.1, 0.15) is 0 Å². The van der Waals surface area contributed by atoms with Gasteiger partial charge in [0.05, 0.1) is 0 Å². The van der Waals surface area contributed by atoms with E-state index in [2.05, 4.69) is 19.3 Å². The number of ether oxygens (including phenoxy) is 1. The molecule has 0 aromatic carbocycles. The fraction of sp³-hybridized carbons (Fsp3) is 0.250. The number of nitrogens with zero attached hydrogens (tertiary/aromatic N) is 4. The first kappa shape index (κ1) is 10.3. The fourth-order valence-corrected chi connectivity index (χ4v) is 1.95. The molecular formula is C8H8N4OS2. The Morgan fingerprint density at radius 3 is 2.87 bits per heavy atom. The van der Waals surface area contributed by atoms with E-state index < -0.39 is 0 Å². The van der Waals surface area contributed by atoms with E-state index in [1.165, 1.54) is 23.3 Å². The molecule has 0 amide bonds. The van der Waals surface area contributed by atoms with E-state index in [1.807, 2.05) is 6.26 Å². The van der Waals surface area contributed by atoms with Crippen molar-refractivity contribution in [2.24, 2.45) is 0 Å². The van der Waals surface area contributed by atoms with Gasteiger partial charge in [0, 0.05) is 23.9 Å². The molecule has 0 saturated heterocycles. The molecule has 2 aromatic rings. The van der Waals surface area contributed by atoms with Crippen LogP contribution in [0.25, 0.3) is 0 Å². The summed E-state index contributed by atoms with van der Waals surface area (Å²) in [6.45, 7) is 0.323. The molecular weight excluding hydrogens is 232 g/mol. The second-order valence-electron chi connectivity index (χ2n) is 2.50. The van der Waals surface area contributed by atoms with Crippen LogP contribution in [0.2, 0.25) is 0 Å². The van der Waals surface area contributed by atoms with Crippen molar-refractivity contribution in [1.29, 1.82) is 0 Å². The van der Waals surface area contributed by atoms with Crippen LogP contribution in [-0.4, -0.2) is 25.6 Å². The van der Waals surface area contributed by atoms with E-state index in [1.54, 1.807) is 18.5 Å². The fourth-order valence-electron chi connectivity index (χ4n) is 0.869. The van der Waals surface area contributed by atoms with E-state index in [0.717, 1.165) is 5.16 Å². The highest BCUT2D eigenvalue weighted by Gasteiger charge is 2.04. The standard InChI is InChI=1S/C8H8N4OS2/c1-14-7-11-8(15-12-7)13-5-6-9-3-2-4-10-6/h2-4H,5H2,1H3. The first-order chi connectivity index (χ1) is 7.38. The summed E-state index contributed by atoms with van der Waals surface area (Å²) in [5.74, 6) is 0.637. The van der Waals surface area contributed by atoms with Gasteiger partial charge in [0.15, 0.2) is 12.4 Å². The third-order valence-corrected chi connectivity index (χ3v) is 2.81. The molecule has 0 radical (unpaired) electrons. The average Bonchev–Trinajstić information content (AvgIpc) is 2.76. The first-order valence-corrected chi connectivity index (χ1v) is 6.14. The van der Waals surface area contributed by atoms with Crippen molar-refractivity contribution in [2.45, 2.75) is 11.8 Å². The molecule has 78 valence electrons. The Morgan fingerprint density at radius 1 is 1.40 bits per heavy atom. The number of rotatable bonds is 4. The van der Waals surface area contributed by atoms with Crippen molar-refractivity contribution < 1.29 is 4.74 Å². The zero-order valence-corrected chi connectivity index (χ0v) is 9.59. The molecule has 15 heavy (non-hydrogen) atoms. The average molecular weight is 240 g/mol. The summed E-state index contributed by atoms with van der Waals surface area (Å²) < 4.78 is 9.46. The maximum absolute atomic E-state index is 5.38. The molecule has 2 aromatic heterocycles. The van der Waals surface area contributed by atoms with Crippen molar-refractivity contribution in [3.63, 3.8) is 0 Å². The zero-order valence-electron chi connectivity index (χ0n) is 7.95. The van der Waals surface area contributed by atoms with Gasteiger partial charge in [0.2, 0.25) is 5.16 Å². The quantitative estimate of drug-likeness (QED) is 0.757. The van der Waals surface area contributed by atoms with Gasteiger partial charge in [-0.25, -0.2) is 9.97 Å². The lowest BCUT2D eigenvalue weighted by molar-refractivity contribution is 0.292. The van der Waals surface area contributed by atoms with Gasteiger partial charge in [-0.3, -0.25) is 0 Å². The molecule has 0 bridgehead atoms. The SMILES string of the molecule is CSc1nsc(OCc2ncccn2)n1. The minimum atomic E-state index is 0.323. The lowest BCUT2D eigenvalue weighted by atomic mass is 10.6. The Hall–Kier alpha value is -1.21. The van der Waals surface area contributed by atoms with Crippen molar-refractivity contribution in [3.05, 3.63) is 24.3 Å². The molecule has 0 unspecified atom stereocenters. The Balaban J connectivity index is 1.93. The monoisotopic (exact) mass is 240 g/mol. The summed E-state index contributed by atoms with van der Waals surface area (Å²) >= 11 is 2.72. The smallest absolute Gasteiger partial charge is 0.294 e. The van der Waals surface area contributed by atoms with Crippen LogP contribution in [0.4, 0.5) is 0 Å². The highest BCUT2D eigenvalue weighted by Crippen LogP contribution is 2.20. The summed E-state index contributed by atoms with van der Waals surface area (Å²) in [5, 5.41) is 1.27. The molecule has 2 heterocycles. The van der Waals surface area contributed by atoms with Crippen LogP contribution >= 0.6 is 23.3 Å². The maximum atomic E-state index is 5.38. The van der Waals surface area contributed by atoms with Crippen LogP contribution in [0, 0.1) is 0 Å². The Bertz CT molecular complexity index is 420. The number of hydrogen-bond donors (Lipinski definition) is 0. The topological polar surface area (TPSA) is 60.8 Å². The molecule has 0 fully saturated rings. The highest BCUT2D eigenvalue weighted by molar-refractivity contribution is 7.98. The number of thioether (sulfide) groups is 1. The van der Waals surface area contributed by atoms with E-state index in [-0.39, 0.29) is 0 Å². The lowest BCUT2D eigenvalue weighted by Crippen LogP contribution is -1.99. The van der Waals surface area contributed by atoms with Crippen LogP contribution in [0.3, 0.4) is 0 Å². The van der Waals surface area contributed by atoms with Crippen LogP contribution in [-0.2, 0) is 6.61 Å². The molecule has 0 N–H and O–H groups in total. The summed E-state index contributed by atoms with van der Waals surface area (Å²) in [5.41, 5.74) is 0. The molecule has 0 aliphatic rings. The normalized spacial score (nSPS) is 10.2. The lowest BCUT2D eigenvalue weighted by Gasteiger charge is -1.98. The van der Waals surface area contributed by atoms with Crippen LogP contribution in [0.5, 0.6) is 5.19 Å².